The van der Waals surface area contributed by atoms with Gasteiger partial charge < -0.3 is 5.73 Å². The third-order valence-electron chi connectivity index (χ3n) is 2.96. The molecule has 16 heavy (non-hydrogen) atoms. The molecule has 1 aliphatic carbocycles. The third kappa shape index (κ3) is 2.14. The number of hydrogen-bond donors (Lipinski definition) is 1. The summed E-state index contributed by atoms with van der Waals surface area (Å²) >= 11 is 0. The minimum atomic E-state index is -0.435. The van der Waals surface area contributed by atoms with Crippen molar-refractivity contribution in [1.29, 1.82) is 0 Å². The van der Waals surface area contributed by atoms with Crippen LogP contribution in [0.1, 0.15) is 18.4 Å². The number of rotatable bonds is 4. The van der Waals surface area contributed by atoms with Crippen molar-refractivity contribution in [2.75, 3.05) is 12.8 Å². The average Bonchev–Trinajstić information content (AvgIpc) is 3.03. The Labute approximate surface area is 94.0 Å². The second kappa shape index (κ2) is 4.09. The highest BCUT2D eigenvalue weighted by Crippen LogP contribution is 2.30. The number of hydrogen-bond acceptors (Lipinski definition) is 4. The second-order valence-corrected chi connectivity index (χ2v) is 4.25. The van der Waals surface area contributed by atoms with Crippen molar-refractivity contribution in [3.8, 4) is 0 Å². The highest BCUT2D eigenvalue weighted by atomic mass is 16.6. The molecule has 0 atom stereocenters. The normalized spacial score (nSPS) is 15.4. The molecule has 0 aromatic heterocycles. The maximum absolute atomic E-state index is 10.7. The van der Waals surface area contributed by atoms with Crippen molar-refractivity contribution in [1.82, 2.24) is 4.90 Å². The van der Waals surface area contributed by atoms with Gasteiger partial charge in [0.1, 0.15) is 5.69 Å². The van der Waals surface area contributed by atoms with Crippen LogP contribution in [0.15, 0.2) is 18.2 Å². The van der Waals surface area contributed by atoms with Gasteiger partial charge in [-0.15, -0.1) is 0 Å². The quantitative estimate of drug-likeness (QED) is 0.478. The molecule has 1 aromatic rings. The summed E-state index contributed by atoms with van der Waals surface area (Å²) in [4.78, 5) is 12.5. The van der Waals surface area contributed by atoms with Crippen LogP contribution in [0.25, 0.3) is 0 Å². The van der Waals surface area contributed by atoms with Crippen LogP contribution in [0.3, 0.4) is 0 Å². The summed E-state index contributed by atoms with van der Waals surface area (Å²) in [6, 6.07) is 5.60. The number of nitro groups is 1. The topological polar surface area (TPSA) is 72.4 Å². The second-order valence-electron chi connectivity index (χ2n) is 4.25. The number of nitrogen functional groups attached to an aromatic ring is 1. The van der Waals surface area contributed by atoms with Crippen LogP contribution in [0.5, 0.6) is 0 Å². The molecule has 1 aromatic carbocycles. The monoisotopic (exact) mass is 221 g/mol. The summed E-state index contributed by atoms with van der Waals surface area (Å²) in [7, 11) is 2.02. The van der Waals surface area contributed by atoms with Gasteiger partial charge in [0.15, 0.2) is 0 Å². The maximum Gasteiger partial charge on any atom is 0.292 e. The summed E-state index contributed by atoms with van der Waals surface area (Å²) in [6.07, 6.45) is 2.43. The first-order valence-electron chi connectivity index (χ1n) is 5.31. The first-order valence-corrected chi connectivity index (χ1v) is 5.31. The van der Waals surface area contributed by atoms with E-state index in [2.05, 4.69) is 4.90 Å². The molecule has 0 bridgehead atoms. The first-order chi connectivity index (χ1) is 7.59. The summed E-state index contributed by atoms with van der Waals surface area (Å²) < 4.78 is 0. The molecule has 1 saturated carbocycles. The van der Waals surface area contributed by atoms with E-state index in [1.807, 2.05) is 13.1 Å². The standard InChI is InChI=1S/C11H15N3O2/c1-13(9-5-6-9)7-8-3-2-4-10(11(8)12)14(15)16/h2-4,9H,5-7,12H2,1H3. The molecule has 1 aliphatic rings. The lowest BCUT2D eigenvalue weighted by atomic mass is 10.1. The predicted molar refractivity (Wildman–Crippen MR) is 62.0 cm³/mol. The van der Waals surface area contributed by atoms with Gasteiger partial charge in [0, 0.05) is 18.7 Å². The Hall–Kier alpha value is -1.62. The number of anilines is 1. The SMILES string of the molecule is CN(Cc1cccc([N+](=O)[O-])c1N)C1CC1. The lowest BCUT2D eigenvalue weighted by molar-refractivity contribution is -0.384. The number of benzene rings is 1. The Balaban J connectivity index is 2.19. The van der Waals surface area contributed by atoms with Crippen molar-refractivity contribution in [3.63, 3.8) is 0 Å². The molecule has 2 N–H and O–H groups in total. The Morgan fingerprint density at radius 1 is 1.56 bits per heavy atom. The largest absolute Gasteiger partial charge is 0.393 e. The molecule has 0 radical (unpaired) electrons. The van der Waals surface area contributed by atoms with E-state index in [9.17, 15) is 10.1 Å². The summed E-state index contributed by atoms with van der Waals surface area (Å²) in [6.45, 7) is 0.679. The fraction of sp³-hybridized carbons (Fsp3) is 0.455. The minimum Gasteiger partial charge on any atom is -0.393 e. The molecule has 0 aliphatic heterocycles. The molecule has 86 valence electrons. The zero-order valence-electron chi connectivity index (χ0n) is 9.22. The first kappa shape index (κ1) is 10.9. The zero-order chi connectivity index (χ0) is 11.7. The molecule has 5 heteroatoms. The van der Waals surface area contributed by atoms with Crippen molar-refractivity contribution >= 4 is 11.4 Å². The van der Waals surface area contributed by atoms with Gasteiger partial charge in [-0.2, -0.15) is 0 Å². The van der Waals surface area contributed by atoms with E-state index in [1.165, 1.54) is 18.9 Å². The van der Waals surface area contributed by atoms with E-state index >= 15 is 0 Å². The molecular weight excluding hydrogens is 206 g/mol. The summed E-state index contributed by atoms with van der Waals surface area (Å²) in [5.41, 5.74) is 6.91. The Kier molecular flexibility index (Phi) is 2.78. The van der Waals surface area contributed by atoms with E-state index in [-0.39, 0.29) is 5.69 Å². The van der Waals surface area contributed by atoms with E-state index in [1.54, 1.807) is 6.07 Å². The molecule has 0 heterocycles. The Morgan fingerprint density at radius 3 is 2.81 bits per heavy atom. The van der Waals surface area contributed by atoms with Crippen LogP contribution in [0.4, 0.5) is 11.4 Å². The van der Waals surface area contributed by atoms with Crippen molar-refractivity contribution < 1.29 is 4.92 Å². The van der Waals surface area contributed by atoms with Crippen LogP contribution in [-0.4, -0.2) is 22.9 Å². The van der Waals surface area contributed by atoms with Gasteiger partial charge in [-0.05, 0) is 25.5 Å². The molecule has 2 rings (SSSR count). The van der Waals surface area contributed by atoms with Gasteiger partial charge in [-0.3, -0.25) is 15.0 Å². The summed E-state index contributed by atoms with van der Waals surface area (Å²) in [5, 5.41) is 10.7. The lowest BCUT2D eigenvalue weighted by Crippen LogP contribution is -2.20. The van der Waals surface area contributed by atoms with Gasteiger partial charge in [0.25, 0.3) is 5.69 Å². The maximum atomic E-state index is 10.7. The smallest absolute Gasteiger partial charge is 0.292 e. The third-order valence-corrected chi connectivity index (χ3v) is 2.96. The molecule has 5 nitrogen and oxygen atoms in total. The Morgan fingerprint density at radius 2 is 2.25 bits per heavy atom. The van der Waals surface area contributed by atoms with Crippen LogP contribution in [-0.2, 0) is 6.54 Å². The molecule has 0 amide bonds. The fourth-order valence-corrected chi connectivity index (χ4v) is 1.81. The van der Waals surface area contributed by atoms with E-state index in [0.717, 1.165) is 5.56 Å². The van der Waals surface area contributed by atoms with Crippen molar-refractivity contribution in [3.05, 3.63) is 33.9 Å². The highest BCUT2D eigenvalue weighted by Gasteiger charge is 2.27. The number of nitrogens with two attached hydrogens (primary N) is 1. The highest BCUT2D eigenvalue weighted by molar-refractivity contribution is 5.62. The predicted octanol–water partition coefficient (Wildman–Crippen LogP) is 1.77. The lowest BCUT2D eigenvalue weighted by Gasteiger charge is -2.16. The zero-order valence-corrected chi connectivity index (χ0v) is 9.22. The van der Waals surface area contributed by atoms with Crippen LogP contribution in [0.2, 0.25) is 0 Å². The van der Waals surface area contributed by atoms with Crippen molar-refractivity contribution in [2.45, 2.75) is 25.4 Å². The van der Waals surface area contributed by atoms with Crippen molar-refractivity contribution in [2.24, 2.45) is 0 Å². The van der Waals surface area contributed by atoms with Crippen LogP contribution in [0, 0.1) is 10.1 Å². The Bertz CT molecular complexity index is 416. The van der Waals surface area contributed by atoms with E-state index in [4.69, 9.17) is 5.73 Å². The van der Waals surface area contributed by atoms with E-state index < -0.39 is 4.92 Å². The molecule has 0 unspecified atom stereocenters. The molecule has 0 spiro atoms. The van der Waals surface area contributed by atoms with E-state index in [0.29, 0.717) is 18.3 Å². The number of para-hydroxylation sites is 1. The van der Waals surface area contributed by atoms with Crippen LogP contribution >= 0.6 is 0 Å². The van der Waals surface area contributed by atoms with Gasteiger partial charge in [0.2, 0.25) is 0 Å². The van der Waals surface area contributed by atoms with Gasteiger partial charge in [0.05, 0.1) is 4.92 Å². The average molecular weight is 221 g/mol. The molecule has 1 fully saturated rings. The molecular formula is C11H15N3O2. The van der Waals surface area contributed by atoms with Gasteiger partial charge in [-0.25, -0.2) is 0 Å². The number of nitrogens with zero attached hydrogens (tertiary/aromatic N) is 2. The number of nitro benzene ring substituents is 1. The summed E-state index contributed by atoms with van der Waals surface area (Å²) in [5.74, 6) is 0. The van der Waals surface area contributed by atoms with Crippen LogP contribution < -0.4 is 5.73 Å². The molecule has 0 saturated heterocycles. The fourth-order valence-electron chi connectivity index (χ4n) is 1.81. The van der Waals surface area contributed by atoms with Gasteiger partial charge >= 0.3 is 0 Å². The minimum absolute atomic E-state index is 0.00157. The van der Waals surface area contributed by atoms with Gasteiger partial charge in [-0.1, -0.05) is 12.1 Å².